The molecule has 72 valence electrons. The largest absolute Gasteiger partial charge is 0.399 e. The lowest BCUT2D eigenvalue weighted by atomic mass is 10.3. The van der Waals surface area contributed by atoms with E-state index in [0.29, 0.717) is 0 Å². The van der Waals surface area contributed by atoms with Crippen LogP contribution in [0.15, 0.2) is 65.5 Å². The van der Waals surface area contributed by atoms with E-state index in [4.69, 9.17) is 5.73 Å². The molecule has 2 heteroatoms. The summed E-state index contributed by atoms with van der Waals surface area (Å²) < 4.78 is 0. The third-order valence-electron chi connectivity index (χ3n) is 1.60. The van der Waals surface area contributed by atoms with Crippen molar-refractivity contribution in [3.05, 3.63) is 60.6 Å². The lowest BCUT2D eigenvalue weighted by Crippen LogP contribution is -1.82. The third-order valence-corrected chi connectivity index (χ3v) is 2.65. The summed E-state index contributed by atoms with van der Waals surface area (Å²) in [4.78, 5) is 2.22. The molecule has 0 amide bonds. The summed E-state index contributed by atoms with van der Waals surface area (Å²) in [5, 5.41) is 0. The Hall–Kier alpha value is -1.41. The van der Waals surface area contributed by atoms with Gasteiger partial charge in [-0.05, 0) is 30.3 Å². The van der Waals surface area contributed by atoms with Crippen molar-refractivity contribution in [3.63, 3.8) is 0 Å². The highest BCUT2D eigenvalue weighted by Crippen LogP contribution is 2.27. The van der Waals surface area contributed by atoms with Gasteiger partial charge in [0.15, 0.2) is 0 Å². The van der Waals surface area contributed by atoms with Crippen molar-refractivity contribution in [2.24, 2.45) is 0 Å². The highest BCUT2D eigenvalue weighted by molar-refractivity contribution is 8.03. The molecule has 0 saturated heterocycles. The number of thioether (sulfide) groups is 1. The van der Waals surface area contributed by atoms with Crippen LogP contribution < -0.4 is 5.73 Å². The first-order chi connectivity index (χ1) is 6.76. The SMILES string of the molecule is C=C/C=C(\C=C)Sc1ccc(N)cc1. The van der Waals surface area contributed by atoms with Crippen LogP contribution in [0.3, 0.4) is 0 Å². The van der Waals surface area contributed by atoms with Crippen molar-refractivity contribution in [3.8, 4) is 0 Å². The standard InChI is InChI=1S/C12H13NS/c1-3-5-11(4-2)14-12-8-6-10(13)7-9-12/h3-9H,1-2,13H2/b11-5+. The number of benzene rings is 1. The summed E-state index contributed by atoms with van der Waals surface area (Å²) in [5.41, 5.74) is 6.37. The van der Waals surface area contributed by atoms with Crippen LogP contribution in [0, 0.1) is 0 Å². The molecule has 1 aromatic carbocycles. The van der Waals surface area contributed by atoms with Gasteiger partial charge < -0.3 is 5.73 Å². The number of hydrogen-bond acceptors (Lipinski definition) is 2. The Morgan fingerprint density at radius 3 is 2.36 bits per heavy atom. The molecule has 1 aromatic rings. The van der Waals surface area contributed by atoms with Crippen molar-refractivity contribution in [2.45, 2.75) is 4.90 Å². The minimum atomic E-state index is 0.780. The first-order valence-electron chi connectivity index (χ1n) is 4.25. The van der Waals surface area contributed by atoms with Crippen LogP contribution in [-0.4, -0.2) is 0 Å². The van der Waals surface area contributed by atoms with Crippen molar-refractivity contribution in [2.75, 3.05) is 5.73 Å². The van der Waals surface area contributed by atoms with E-state index in [1.54, 1.807) is 17.8 Å². The van der Waals surface area contributed by atoms with E-state index in [0.717, 1.165) is 15.5 Å². The van der Waals surface area contributed by atoms with Gasteiger partial charge in [-0.3, -0.25) is 0 Å². The predicted molar refractivity (Wildman–Crippen MR) is 65.2 cm³/mol. The maximum absolute atomic E-state index is 5.59. The Labute approximate surface area is 89.0 Å². The molecule has 0 bridgehead atoms. The van der Waals surface area contributed by atoms with E-state index in [-0.39, 0.29) is 0 Å². The second kappa shape index (κ2) is 5.35. The average molecular weight is 203 g/mol. The summed E-state index contributed by atoms with van der Waals surface area (Å²) >= 11 is 1.64. The molecule has 0 atom stereocenters. The van der Waals surface area contributed by atoms with Crippen LogP contribution in [0.2, 0.25) is 0 Å². The zero-order valence-corrected chi connectivity index (χ0v) is 8.76. The van der Waals surface area contributed by atoms with E-state index in [1.165, 1.54) is 0 Å². The molecular weight excluding hydrogens is 190 g/mol. The minimum Gasteiger partial charge on any atom is -0.399 e. The van der Waals surface area contributed by atoms with Gasteiger partial charge >= 0.3 is 0 Å². The molecule has 0 aliphatic rings. The van der Waals surface area contributed by atoms with Crippen LogP contribution >= 0.6 is 11.8 Å². The van der Waals surface area contributed by atoms with E-state index in [9.17, 15) is 0 Å². The first-order valence-corrected chi connectivity index (χ1v) is 5.06. The van der Waals surface area contributed by atoms with Gasteiger partial charge in [-0.15, -0.1) is 0 Å². The lowest BCUT2D eigenvalue weighted by molar-refractivity contribution is 1.47. The molecule has 1 nitrogen and oxygen atoms in total. The molecule has 0 aromatic heterocycles. The number of rotatable bonds is 4. The van der Waals surface area contributed by atoms with Gasteiger partial charge in [0.2, 0.25) is 0 Å². The van der Waals surface area contributed by atoms with Crippen molar-refractivity contribution < 1.29 is 0 Å². The van der Waals surface area contributed by atoms with Crippen molar-refractivity contribution in [1.82, 2.24) is 0 Å². The second-order valence-corrected chi connectivity index (χ2v) is 3.83. The second-order valence-electron chi connectivity index (χ2n) is 2.68. The Morgan fingerprint density at radius 2 is 1.86 bits per heavy atom. The van der Waals surface area contributed by atoms with Gasteiger partial charge in [-0.1, -0.05) is 37.1 Å². The zero-order valence-electron chi connectivity index (χ0n) is 7.94. The molecule has 0 aliphatic heterocycles. The molecule has 0 spiro atoms. The number of nitrogens with two attached hydrogens (primary N) is 1. The van der Waals surface area contributed by atoms with E-state index in [2.05, 4.69) is 13.2 Å². The van der Waals surface area contributed by atoms with Gasteiger partial charge in [0.1, 0.15) is 0 Å². The zero-order chi connectivity index (χ0) is 10.4. The monoisotopic (exact) mass is 203 g/mol. The quantitative estimate of drug-likeness (QED) is 0.459. The normalized spacial score (nSPS) is 11.0. The fourth-order valence-electron chi connectivity index (χ4n) is 0.932. The number of nitrogen functional groups attached to an aromatic ring is 1. The van der Waals surface area contributed by atoms with Crippen LogP contribution in [0.25, 0.3) is 0 Å². The molecule has 0 radical (unpaired) electrons. The van der Waals surface area contributed by atoms with Crippen LogP contribution in [0.1, 0.15) is 0 Å². The molecule has 2 N–H and O–H groups in total. The number of anilines is 1. The minimum absolute atomic E-state index is 0.780. The average Bonchev–Trinajstić information content (AvgIpc) is 2.20. The summed E-state index contributed by atoms with van der Waals surface area (Å²) in [6.07, 6.45) is 5.48. The van der Waals surface area contributed by atoms with Gasteiger partial charge in [0.05, 0.1) is 0 Å². The van der Waals surface area contributed by atoms with E-state index < -0.39 is 0 Å². The lowest BCUT2D eigenvalue weighted by Gasteiger charge is -2.01. The summed E-state index contributed by atoms with van der Waals surface area (Å²) in [7, 11) is 0. The maximum atomic E-state index is 5.59. The summed E-state index contributed by atoms with van der Waals surface area (Å²) in [5.74, 6) is 0. The van der Waals surface area contributed by atoms with Crippen LogP contribution in [0.4, 0.5) is 5.69 Å². The molecule has 14 heavy (non-hydrogen) atoms. The molecule has 0 saturated carbocycles. The van der Waals surface area contributed by atoms with Gasteiger partial charge in [-0.2, -0.15) is 0 Å². The molecule has 0 fully saturated rings. The van der Waals surface area contributed by atoms with Crippen molar-refractivity contribution in [1.29, 1.82) is 0 Å². The topological polar surface area (TPSA) is 26.0 Å². The third kappa shape index (κ3) is 3.15. The van der Waals surface area contributed by atoms with E-state index in [1.807, 2.05) is 36.4 Å². The Kier molecular flexibility index (Phi) is 4.08. The summed E-state index contributed by atoms with van der Waals surface area (Å²) in [6.45, 7) is 7.38. The summed E-state index contributed by atoms with van der Waals surface area (Å²) in [6, 6.07) is 7.74. The Balaban J connectivity index is 2.77. The highest BCUT2D eigenvalue weighted by atomic mass is 32.2. The molecule has 0 heterocycles. The number of allylic oxidation sites excluding steroid dienone is 3. The van der Waals surface area contributed by atoms with Crippen molar-refractivity contribution >= 4 is 17.4 Å². The Bertz CT molecular complexity index is 349. The van der Waals surface area contributed by atoms with Gasteiger partial charge in [-0.25, -0.2) is 0 Å². The van der Waals surface area contributed by atoms with Gasteiger partial charge in [0.25, 0.3) is 0 Å². The molecule has 0 unspecified atom stereocenters. The first kappa shape index (κ1) is 10.7. The fraction of sp³-hybridized carbons (Fsp3) is 0. The van der Waals surface area contributed by atoms with Crippen LogP contribution in [-0.2, 0) is 0 Å². The highest BCUT2D eigenvalue weighted by Gasteiger charge is 1.95. The maximum Gasteiger partial charge on any atom is 0.0314 e. The Morgan fingerprint density at radius 1 is 1.21 bits per heavy atom. The van der Waals surface area contributed by atoms with Gasteiger partial charge in [0, 0.05) is 15.5 Å². The van der Waals surface area contributed by atoms with E-state index >= 15 is 0 Å². The molecule has 1 rings (SSSR count). The number of hydrogen-bond donors (Lipinski definition) is 1. The smallest absolute Gasteiger partial charge is 0.0314 e. The fourth-order valence-corrected chi connectivity index (χ4v) is 1.72. The predicted octanol–water partition coefficient (Wildman–Crippen LogP) is 3.62. The van der Waals surface area contributed by atoms with Crippen LogP contribution in [0.5, 0.6) is 0 Å². The molecule has 0 aliphatic carbocycles. The molecular formula is C12H13NS.